The number of nitrogens with zero attached hydrogens (tertiary/aromatic N) is 1. The van der Waals surface area contributed by atoms with Crippen LogP contribution in [0.15, 0.2) is 66.4 Å². The minimum atomic E-state index is -0.460. The van der Waals surface area contributed by atoms with Crippen molar-refractivity contribution in [2.24, 2.45) is 0 Å². The number of imide groups is 1. The average molecular weight is 463 g/mol. The summed E-state index contributed by atoms with van der Waals surface area (Å²) >= 11 is 6.05. The zero-order valence-corrected chi connectivity index (χ0v) is 19.5. The summed E-state index contributed by atoms with van der Waals surface area (Å²) in [5.74, 6) is 0.200. The number of halogens is 1. The van der Waals surface area contributed by atoms with Gasteiger partial charge in [0.25, 0.3) is 11.8 Å². The summed E-state index contributed by atoms with van der Waals surface area (Å²) in [6.07, 6.45) is 0. The number of aryl methyl sites for hydroxylation is 2. The lowest BCUT2D eigenvalue weighted by molar-refractivity contribution is -0.120. The Hall–Kier alpha value is -3.77. The van der Waals surface area contributed by atoms with E-state index in [9.17, 15) is 9.59 Å². The largest absolute Gasteiger partial charge is 0.497 e. The molecule has 33 heavy (non-hydrogen) atoms. The minimum Gasteiger partial charge on any atom is -0.497 e. The van der Waals surface area contributed by atoms with E-state index in [1.807, 2.05) is 26.0 Å². The van der Waals surface area contributed by atoms with Crippen LogP contribution in [-0.2, 0) is 9.59 Å². The van der Waals surface area contributed by atoms with E-state index in [2.05, 4.69) is 5.32 Å². The summed E-state index contributed by atoms with van der Waals surface area (Å²) in [5, 5.41) is 3.67. The Morgan fingerprint density at radius 2 is 1.55 bits per heavy atom. The molecular weight excluding hydrogens is 440 g/mol. The van der Waals surface area contributed by atoms with Crippen molar-refractivity contribution in [1.82, 2.24) is 0 Å². The molecule has 0 radical (unpaired) electrons. The quantitative estimate of drug-likeness (QED) is 0.499. The van der Waals surface area contributed by atoms with Crippen molar-refractivity contribution in [3.8, 4) is 11.5 Å². The molecule has 7 heteroatoms. The number of rotatable bonds is 6. The number of methoxy groups -OCH3 is 2. The zero-order chi connectivity index (χ0) is 23.7. The molecule has 0 spiro atoms. The van der Waals surface area contributed by atoms with Crippen LogP contribution >= 0.6 is 11.6 Å². The molecule has 1 aliphatic rings. The van der Waals surface area contributed by atoms with E-state index in [-0.39, 0.29) is 11.3 Å². The normalized spacial score (nSPS) is 13.5. The maximum atomic E-state index is 13.6. The Morgan fingerprint density at radius 3 is 2.18 bits per heavy atom. The van der Waals surface area contributed by atoms with Crippen LogP contribution in [-0.4, -0.2) is 26.0 Å². The van der Waals surface area contributed by atoms with Gasteiger partial charge >= 0.3 is 0 Å². The first-order valence-corrected chi connectivity index (χ1v) is 10.7. The van der Waals surface area contributed by atoms with Crippen LogP contribution in [0, 0.1) is 13.8 Å². The first kappa shape index (κ1) is 22.4. The molecule has 6 nitrogen and oxygen atoms in total. The summed E-state index contributed by atoms with van der Waals surface area (Å²) in [7, 11) is 3.08. The number of amides is 2. The fourth-order valence-corrected chi connectivity index (χ4v) is 3.80. The van der Waals surface area contributed by atoms with Gasteiger partial charge in [0, 0.05) is 11.1 Å². The van der Waals surface area contributed by atoms with Crippen molar-refractivity contribution >= 4 is 40.4 Å². The molecule has 0 fully saturated rings. The Morgan fingerprint density at radius 1 is 0.818 bits per heavy atom. The van der Waals surface area contributed by atoms with Gasteiger partial charge in [-0.2, -0.15) is 0 Å². The van der Waals surface area contributed by atoms with Crippen LogP contribution in [0.5, 0.6) is 11.5 Å². The number of ether oxygens (including phenoxy) is 2. The number of hydrogen-bond donors (Lipinski definition) is 1. The van der Waals surface area contributed by atoms with E-state index in [1.165, 1.54) is 12.0 Å². The molecule has 0 aromatic heterocycles. The van der Waals surface area contributed by atoms with E-state index in [4.69, 9.17) is 21.1 Å². The standard InChI is InChI=1S/C26H23ClN2O4/c1-15-5-10-19(13-16(15)2)29-25(30)23(17-6-8-18(27)9-7-17)24(26(29)31)28-21-14-20(32-3)11-12-22(21)33-4/h5-14,28H,1-4H3. The van der Waals surface area contributed by atoms with Crippen molar-refractivity contribution in [2.45, 2.75) is 13.8 Å². The molecule has 3 aromatic rings. The van der Waals surface area contributed by atoms with Gasteiger partial charge in [0.15, 0.2) is 0 Å². The molecule has 4 rings (SSSR count). The Kier molecular flexibility index (Phi) is 6.11. The molecule has 0 saturated carbocycles. The van der Waals surface area contributed by atoms with Crippen LogP contribution < -0.4 is 19.7 Å². The van der Waals surface area contributed by atoms with Gasteiger partial charge in [-0.1, -0.05) is 29.8 Å². The number of benzene rings is 3. The lowest BCUT2D eigenvalue weighted by Crippen LogP contribution is -2.32. The number of carbonyl (C=O) groups excluding carboxylic acids is 2. The lowest BCUT2D eigenvalue weighted by Gasteiger charge is -2.17. The van der Waals surface area contributed by atoms with Crippen LogP contribution in [0.3, 0.4) is 0 Å². The molecule has 168 valence electrons. The monoisotopic (exact) mass is 462 g/mol. The first-order chi connectivity index (χ1) is 15.8. The van der Waals surface area contributed by atoms with Gasteiger partial charge in [-0.05, 0) is 66.9 Å². The van der Waals surface area contributed by atoms with Gasteiger partial charge in [-0.15, -0.1) is 0 Å². The minimum absolute atomic E-state index is 0.145. The van der Waals surface area contributed by atoms with Crippen LogP contribution in [0.1, 0.15) is 16.7 Å². The molecule has 3 aromatic carbocycles. The van der Waals surface area contributed by atoms with Gasteiger partial charge < -0.3 is 14.8 Å². The van der Waals surface area contributed by atoms with Crippen molar-refractivity contribution in [2.75, 3.05) is 24.4 Å². The molecule has 1 heterocycles. The second-order valence-corrected chi connectivity index (χ2v) is 8.10. The summed E-state index contributed by atoms with van der Waals surface area (Å²) in [6, 6.07) is 17.5. The molecule has 0 atom stereocenters. The smallest absolute Gasteiger partial charge is 0.282 e. The summed E-state index contributed by atoms with van der Waals surface area (Å²) < 4.78 is 10.8. The molecule has 0 bridgehead atoms. The lowest BCUT2D eigenvalue weighted by atomic mass is 10.0. The Labute approximate surface area is 197 Å². The molecular formula is C26H23ClN2O4. The van der Waals surface area contributed by atoms with E-state index >= 15 is 0 Å². The molecule has 1 N–H and O–H groups in total. The zero-order valence-electron chi connectivity index (χ0n) is 18.7. The molecule has 2 amide bonds. The number of hydrogen-bond acceptors (Lipinski definition) is 5. The van der Waals surface area contributed by atoms with Gasteiger partial charge in [-0.3, -0.25) is 9.59 Å². The third-order valence-corrected chi connectivity index (χ3v) is 5.88. The van der Waals surface area contributed by atoms with E-state index < -0.39 is 11.8 Å². The third kappa shape index (κ3) is 4.17. The van der Waals surface area contributed by atoms with Crippen molar-refractivity contribution < 1.29 is 19.1 Å². The summed E-state index contributed by atoms with van der Waals surface area (Å²) in [6.45, 7) is 3.92. The predicted molar refractivity (Wildman–Crippen MR) is 130 cm³/mol. The van der Waals surface area contributed by atoms with Gasteiger partial charge in [0.2, 0.25) is 0 Å². The second-order valence-electron chi connectivity index (χ2n) is 7.66. The maximum Gasteiger partial charge on any atom is 0.282 e. The average Bonchev–Trinajstić information content (AvgIpc) is 3.05. The number of anilines is 2. The SMILES string of the molecule is COc1ccc(OC)c(NC2=C(c3ccc(Cl)cc3)C(=O)N(c3ccc(C)c(C)c3)C2=O)c1. The highest BCUT2D eigenvalue weighted by molar-refractivity contribution is 6.46. The molecule has 0 unspecified atom stereocenters. The molecule has 0 aliphatic carbocycles. The van der Waals surface area contributed by atoms with Crippen LogP contribution in [0.4, 0.5) is 11.4 Å². The van der Waals surface area contributed by atoms with Gasteiger partial charge in [0.05, 0.1) is 31.2 Å². The molecule has 0 saturated heterocycles. The summed E-state index contributed by atoms with van der Waals surface area (Å²) in [4.78, 5) is 28.4. The maximum absolute atomic E-state index is 13.6. The summed E-state index contributed by atoms with van der Waals surface area (Å²) in [5.41, 5.74) is 4.04. The van der Waals surface area contributed by atoms with Crippen LogP contribution in [0.2, 0.25) is 5.02 Å². The molecule has 1 aliphatic heterocycles. The van der Waals surface area contributed by atoms with Crippen LogP contribution in [0.25, 0.3) is 5.57 Å². The number of carbonyl (C=O) groups is 2. The van der Waals surface area contributed by atoms with Gasteiger partial charge in [-0.25, -0.2) is 4.90 Å². The third-order valence-electron chi connectivity index (χ3n) is 5.63. The number of nitrogens with one attached hydrogen (secondary N) is 1. The van der Waals surface area contributed by atoms with E-state index in [0.29, 0.717) is 33.5 Å². The first-order valence-electron chi connectivity index (χ1n) is 10.3. The van der Waals surface area contributed by atoms with Gasteiger partial charge in [0.1, 0.15) is 17.2 Å². The topological polar surface area (TPSA) is 67.9 Å². The van der Waals surface area contributed by atoms with Crippen molar-refractivity contribution in [3.05, 3.63) is 88.1 Å². The Balaban J connectivity index is 1.86. The van der Waals surface area contributed by atoms with Crippen molar-refractivity contribution in [3.63, 3.8) is 0 Å². The fraction of sp³-hybridized carbons (Fsp3) is 0.154. The second kappa shape index (κ2) is 9.00. The Bertz CT molecular complexity index is 1280. The highest BCUT2D eigenvalue weighted by Crippen LogP contribution is 2.37. The van der Waals surface area contributed by atoms with E-state index in [1.54, 1.807) is 55.6 Å². The van der Waals surface area contributed by atoms with Crippen molar-refractivity contribution in [1.29, 1.82) is 0 Å². The predicted octanol–water partition coefficient (Wildman–Crippen LogP) is 5.37. The fourth-order valence-electron chi connectivity index (χ4n) is 3.68. The van der Waals surface area contributed by atoms with E-state index in [0.717, 1.165) is 11.1 Å². The highest BCUT2D eigenvalue weighted by atomic mass is 35.5. The highest BCUT2D eigenvalue weighted by Gasteiger charge is 2.40.